The van der Waals surface area contributed by atoms with Gasteiger partial charge >= 0.3 is 6.09 Å². The SMILES string of the molecule is CC(=O)NCC1CN(c2ccc3c(C)noc3c2)C(=O)O1. The monoisotopic (exact) mass is 289 g/mol. The second-order valence-corrected chi connectivity index (χ2v) is 5.00. The van der Waals surface area contributed by atoms with Gasteiger partial charge in [0.2, 0.25) is 5.91 Å². The number of nitrogens with one attached hydrogen (secondary N) is 1. The summed E-state index contributed by atoms with van der Waals surface area (Å²) in [5.74, 6) is -0.150. The lowest BCUT2D eigenvalue weighted by Gasteiger charge is -2.12. The predicted octanol–water partition coefficient (Wildman–Crippen LogP) is 1.60. The summed E-state index contributed by atoms with van der Waals surface area (Å²) in [5, 5.41) is 7.45. The number of cyclic esters (lactones) is 1. The molecule has 1 saturated heterocycles. The number of fused-ring (bicyclic) bond motifs is 1. The van der Waals surface area contributed by atoms with Crippen LogP contribution < -0.4 is 10.2 Å². The number of nitrogens with zero attached hydrogens (tertiary/aromatic N) is 2. The highest BCUT2D eigenvalue weighted by molar-refractivity contribution is 5.93. The molecular weight excluding hydrogens is 274 g/mol. The Morgan fingerprint density at radius 3 is 3.10 bits per heavy atom. The van der Waals surface area contributed by atoms with Crippen molar-refractivity contribution in [1.29, 1.82) is 0 Å². The molecule has 1 aliphatic heterocycles. The van der Waals surface area contributed by atoms with Crippen molar-refractivity contribution in [3.8, 4) is 0 Å². The zero-order chi connectivity index (χ0) is 15.0. The summed E-state index contributed by atoms with van der Waals surface area (Å²) in [4.78, 5) is 24.3. The van der Waals surface area contributed by atoms with Crippen LogP contribution in [0.3, 0.4) is 0 Å². The van der Waals surface area contributed by atoms with E-state index in [1.54, 1.807) is 6.07 Å². The number of carbonyl (C=O) groups excluding carboxylic acids is 2. The van der Waals surface area contributed by atoms with Gasteiger partial charge in [-0.15, -0.1) is 0 Å². The van der Waals surface area contributed by atoms with Crippen molar-refractivity contribution in [1.82, 2.24) is 10.5 Å². The third-order valence-corrected chi connectivity index (χ3v) is 3.40. The molecule has 1 N–H and O–H groups in total. The second-order valence-electron chi connectivity index (χ2n) is 5.00. The Balaban J connectivity index is 1.78. The van der Waals surface area contributed by atoms with E-state index in [4.69, 9.17) is 9.26 Å². The van der Waals surface area contributed by atoms with E-state index in [0.29, 0.717) is 24.4 Å². The molecule has 110 valence electrons. The van der Waals surface area contributed by atoms with Crippen molar-refractivity contribution in [2.75, 3.05) is 18.0 Å². The largest absolute Gasteiger partial charge is 0.442 e. The van der Waals surface area contributed by atoms with Crippen LogP contribution in [0.1, 0.15) is 12.6 Å². The van der Waals surface area contributed by atoms with Crippen LogP contribution in [0.15, 0.2) is 22.7 Å². The van der Waals surface area contributed by atoms with Crippen molar-refractivity contribution >= 4 is 28.7 Å². The van der Waals surface area contributed by atoms with Crippen LogP contribution in [0, 0.1) is 6.92 Å². The second kappa shape index (κ2) is 5.08. The first-order valence-electron chi connectivity index (χ1n) is 6.63. The lowest BCUT2D eigenvalue weighted by Crippen LogP contribution is -2.33. The molecule has 1 unspecified atom stereocenters. The number of aromatic nitrogens is 1. The first-order chi connectivity index (χ1) is 10.0. The molecule has 1 fully saturated rings. The van der Waals surface area contributed by atoms with Gasteiger partial charge in [0.25, 0.3) is 0 Å². The topological polar surface area (TPSA) is 84.7 Å². The van der Waals surface area contributed by atoms with Crippen molar-refractivity contribution in [2.45, 2.75) is 20.0 Å². The molecule has 1 aromatic carbocycles. The normalized spacial score (nSPS) is 18.1. The number of rotatable bonds is 3. The summed E-state index contributed by atoms with van der Waals surface area (Å²) in [6.45, 7) is 3.98. The molecule has 2 heterocycles. The number of carbonyl (C=O) groups is 2. The zero-order valence-electron chi connectivity index (χ0n) is 11.8. The molecule has 2 amide bonds. The van der Waals surface area contributed by atoms with Crippen LogP contribution in [0.2, 0.25) is 0 Å². The van der Waals surface area contributed by atoms with Gasteiger partial charge in [0.1, 0.15) is 6.10 Å². The van der Waals surface area contributed by atoms with E-state index in [9.17, 15) is 9.59 Å². The van der Waals surface area contributed by atoms with Crippen LogP contribution in [0.4, 0.5) is 10.5 Å². The van der Waals surface area contributed by atoms with E-state index in [-0.39, 0.29) is 12.0 Å². The number of anilines is 1. The predicted molar refractivity (Wildman–Crippen MR) is 75.0 cm³/mol. The zero-order valence-corrected chi connectivity index (χ0v) is 11.8. The highest BCUT2D eigenvalue weighted by Crippen LogP contribution is 2.27. The van der Waals surface area contributed by atoms with Gasteiger partial charge in [-0.05, 0) is 19.1 Å². The number of ether oxygens (including phenoxy) is 1. The molecule has 0 radical (unpaired) electrons. The molecule has 0 saturated carbocycles. The molecule has 3 rings (SSSR count). The van der Waals surface area contributed by atoms with E-state index < -0.39 is 6.09 Å². The minimum absolute atomic E-state index is 0.150. The van der Waals surface area contributed by atoms with Gasteiger partial charge in [0.15, 0.2) is 5.58 Å². The standard InChI is InChI=1S/C14H15N3O4/c1-8-12-4-3-10(5-13(12)21-16-8)17-7-11(20-14(17)19)6-15-9(2)18/h3-5,11H,6-7H2,1-2H3,(H,15,18). The highest BCUT2D eigenvalue weighted by Gasteiger charge is 2.32. The Morgan fingerprint density at radius 1 is 1.52 bits per heavy atom. The quantitative estimate of drug-likeness (QED) is 0.927. The summed E-state index contributed by atoms with van der Waals surface area (Å²) >= 11 is 0. The smallest absolute Gasteiger partial charge is 0.414 e. The van der Waals surface area contributed by atoms with E-state index in [1.807, 2.05) is 19.1 Å². The van der Waals surface area contributed by atoms with Gasteiger partial charge in [-0.2, -0.15) is 0 Å². The molecule has 0 aliphatic carbocycles. The average Bonchev–Trinajstić information content (AvgIpc) is 3.00. The molecule has 7 nitrogen and oxygen atoms in total. The summed E-state index contributed by atoms with van der Waals surface area (Å²) < 4.78 is 10.4. The number of hydrogen-bond acceptors (Lipinski definition) is 5. The fourth-order valence-corrected chi connectivity index (χ4v) is 2.32. The van der Waals surface area contributed by atoms with Gasteiger partial charge < -0.3 is 14.6 Å². The molecule has 0 bridgehead atoms. The van der Waals surface area contributed by atoms with Crippen LogP contribution in [-0.4, -0.2) is 36.4 Å². The van der Waals surface area contributed by atoms with Crippen molar-refractivity contribution in [3.05, 3.63) is 23.9 Å². The molecule has 2 aromatic rings. The van der Waals surface area contributed by atoms with Crippen molar-refractivity contribution in [2.24, 2.45) is 0 Å². The molecule has 7 heteroatoms. The molecule has 1 aliphatic rings. The average molecular weight is 289 g/mol. The van der Waals surface area contributed by atoms with Gasteiger partial charge in [-0.3, -0.25) is 9.69 Å². The van der Waals surface area contributed by atoms with E-state index in [0.717, 1.165) is 11.1 Å². The Morgan fingerprint density at radius 2 is 2.33 bits per heavy atom. The lowest BCUT2D eigenvalue weighted by molar-refractivity contribution is -0.119. The first-order valence-corrected chi connectivity index (χ1v) is 6.63. The van der Waals surface area contributed by atoms with Crippen LogP contribution in [0.5, 0.6) is 0 Å². The van der Waals surface area contributed by atoms with Gasteiger partial charge in [0, 0.05) is 18.4 Å². The Bertz CT molecular complexity index is 709. The lowest BCUT2D eigenvalue weighted by atomic mass is 10.2. The highest BCUT2D eigenvalue weighted by atomic mass is 16.6. The third-order valence-electron chi connectivity index (χ3n) is 3.40. The summed E-state index contributed by atoms with van der Waals surface area (Å²) in [5.41, 5.74) is 2.13. The minimum Gasteiger partial charge on any atom is -0.442 e. The van der Waals surface area contributed by atoms with Gasteiger partial charge in [0.05, 0.1) is 24.5 Å². The molecule has 21 heavy (non-hydrogen) atoms. The maximum Gasteiger partial charge on any atom is 0.414 e. The minimum atomic E-state index is -0.430. The van der Waals surface area contributed by atoms with E-state index in [2.05, 4.69) is 10.5 Å². The fraction of sp³-hybridized carbons (Fsp3) is 0.357. The first kappa shape index (κ1) is 13.4. The van der Waals surface area contributed by atoms with Crippen molar-refractivity contribution < 1.29 is 18.8 Å². The van der Waals surface area contributed by atoms with Crippen LogP contribution >= 0.6 is 0 Å². The molecular formula is C14H15N3O4. The summed E-state index contributed by atoms with van der Waals surface area (Å²) in [6.07, 6.45) is -0.783. The third kappa shape index (κ3) is 2.54. The summed E-state index contributed by atoms with van der Waals surface area (Å²) in [7, 11) is 0. The Hall–Kier alpha value is -2.57. The van der Waals surface area contributed by atoms with E-state index in [1.165, 1.54) is 11.8 Å². The van der Waals surface area contributed by atoms with Crippen LogP contribution in [0.25, 0.3) is 11.0 Å². The molecule has 1 aromatic heterocycles. The number of amides is 2. The van der Waals surface area contributed by atoms with Gasteiger partial charge in [-0.1, -0.05) is 5.16 Å². The number of hydrogen-bond donors (Lipinski definition) is 1. The maximum absolute atomic E-state index is 11.9. The van der Waals surface area contributed by atoms with Gasteiger partial charge in [-0.25, -0.2) is 4.79 Å². The fourth-order valence-electron chi connectivity index (χ4n) is 2.32. The number of benzene rings is 1. The molecule has 0 spiro atoms. The number of aryl methyl sites for hydroxylation is 1. The Kier molecular flexibility index (Phi) is 3.25. The van der Waals surface area contributed by atoms with E-state index >= 15 is 0 Å². The Labute approximate surface area is 120 Å². The van der Waals surface area contributed by atoms with Crippen molar-refractivity contribution in [3.63, 3.8) is 0 Å². The van der Waals surface area contributed by atoms with Crippen LogP contribution in [-0.2, 0) is 9.53 Å². The maximum atomic E-state index is 11.9. The summed E-state index contributed by atoms with van der Waals surface area (Å²) in [6, 6.07) is 5.46. The molecule has 1 atom stereocenters.